The van der Waals surface area contributed by atoms with Crippen LogP contribution in [0.5, 0.6) is 0 Å². The third-order valence-corrected chi connectivity index (χ3v) is 5.29. The van der Waals surface area contributed by atoms with Crippen molar-refractivity contribution < 1.29 is 19.1 Å². The summed E-state index contributed by atoms with van der Waals surface area (Å²) in [5, 5.41) is 0.761. The number of ether oxygens (including phenoxy) is 2. The van der Waals surface area contributed by atoms with Crippen LogP contribution in [0, 0.1) is 6.92 Å². The summed E-state index contributed by atoms with van der Waals surface area (Å²) in [6.07, 6.45) is -0.0360. The first-order chi connectivity index (χ1) is 12.4. The van der Waals surface area contributed by atoms with E-state index in [1.165, 1.54) is 11.3 Å². The number of amides is 1. The fourth-order valence-corrected chi connectivity index (χ4v) is 3.92. The molecule has 1 saturated heterocycles. The molecule has 0 radical (unpaired) electrons. The summed E-state index contributed by atoms with van der Waals surface area (Å²) in [6, 6.07) is 9.66. The molecule has 7 heteroatoms. The Labute approximate surface area is 156 Å². The maximum absolute atomic E-state index is 12.4. The van der Waals surface area contributed by atoms with E-state index in [0.29, 0.717) is 23.7 Å². The van der Waals surface area contributed by atoms with Gasteiger partial charge in [-0.15, -0.1) is 11.3 Å². The molecule has 0 unspecified atom stereocenters. The minimum absolute atomic E-state index is 0.0180. The molecule has 1 aromatic carbocycles. The number of hydrogen-bond acceptors (Lipinski definition) is 6. The SMILES string of the molecule is Cc1nc(-c2ccccc2)sc1C(=O)OCC(=O)N1C[C@@H](C)O[C@@H](C)C1. The Morgan fingerprint density at radius 3 is 2.54 bits per heavy atom. The fourth-order valence-electron chi connectivity index (χ4n) is 2.96. The summed E-state index contributed by atoms with van der Waals surface area (Å²) in [5.74, 6) is -0.712. The minimum atomic E-state index is -0.509. The third-order valence-electron chi connectivity index (χ3n) is 4.10. The Morgan fingerprint density at radius 2 is 1.88 bits per heavy atom. The van der Waals surface area contributed by atoms with E-state index in [2.05, 4.69) is 4.98 Å². The van der Waals surface area contributed by atoms with Gasteiger partial charge in [0.2, 0.25) is 0 Å². The van der Waals surface area contributed by atoms with Crippen LogP contribution in [0.15, 0.2) is 30.3 Å². The van der Waals surface area contributed by atoms with Crippen molar-refractivity contribution in [1.29, 1.82) is 0 Å². The molecule has 0 saturated carbocycles. The van der Waals surface area contributed by atoms with Gasteiger partial charge in [0.1, 0.15) is 9.88 Å². The van der Waals surface area contributed by atoms with E-state index in [0.717, 1.165) is 10.6 Å². The highest BCUT2D eigenvalue weighted by Crippen LogP contribution is 2.28. The zero-order chi connectivity index (χ0) is 18.7. The van der Waals surface area contributed by atoms with Gasteiger partial charge in [-0.3, -0.25) is 4.79 Å². The number of aromatic nitrogens is 1. The van der Waals surface area contributed by atoms with Gasteiger partial charge in [0.05, 0.1) is 17.9 Å². The lowest BCUT2D eigenvalue weighted by atomic mass is 10.2. The lowest BCUT2D eigenvalue weighted by Crippen LogP contribution is -2.49. The lowest BCUT2D eigenvalue weighted by molar-refractivity contribution is -0.146. The Morgan fingerprint density at radius 1 is 1.23 bits per heavy atom. The summed E-state index contributed by atoms with van der Waals surface area (Å²) in [7, 11) is 0. The van der Waals surface area contributed by atoms with Crippen LogP contribution in [-0.4, -0.2) is 53.7 Å². The van der Waals surface area contributed by atoms with Crippen LogP contribution in [-0.2, 0) is 14.3 Å². The average molecular weight is 374 g/mol. The summed E-state index contributed by atoms with van der Waals surface area (Å²) in [5.41, 5.74) is 1.56. The Bertz CT molecular complexity index is 780. The Balaban J connectivity index is 1.62. The van der Waals surface area contributed by atoms with Gasteiger partial charge in [0, 0.05) is 18.7 Å². The van der Waals surface area contributed by atoms with Crippen molar-refractivity contribution in [2.75, 3.05) is 19.7 Å². The van der Waals surface area contributed by atoms with Crippen molar-refractivity contribution in [3.8, 4) is 10.6 Å². The van der Waals surface area contributed by atoms with Gasteiger partial charge < -0.3 is 14.4 Å². The molecule has 1 aromatic heterocycles. The van der Waals surface area contributed by atoms with E-state index < -0.39 is 5.97 Å². The molecular weight excluding hydrogens is 352 g/mol. The molecular formula is C19H22N2O4S. The predicted molar refractivity (Wildman–Crippen MR) is 99.2 cm³/mol. The zero-order valence-corrected chi connectivity index (χ0v) is 15.9. The Kier molecular flexibility index (Phi) is 5.68. The van der Waals surface area contributed by atoms with Crippen LogP contribution in [0.2, 0.25) is 0 Å². The first-order valence-corrected chi connectivity index (χ1v) is 9.39. The summed E-state index contributed by atoms with van der Waals surface area (Å²) >= 11 is 1.28. The molecule has 0 bridgehead atoms. The van der Waals surface area contributed by atoms with E-state index in [-0.39, 0.29) is 24.7 Å². The van der Waals surface area contributed by atoms with Crippen LogP contribution in [0.25, 0.3) is 10.6 Å². The number of thiazole rings is 1. The highest BCUT2D eigenvalue weighted by molar-refractivity contribution is 7.17. The van der Waals surface area contributed by atoms with Crippen molar-refractivity contribution in [3.05, 3.63) is 40.9 Å². The fraction of sp³-hybridized carbons (Fsp3) is 0.421. The molecule has 2 aromatic rings. The molecule has 3 rings (SSSR count). The molecule has 138 valence electrons. The van der Waals surface area contributed by atoms with Crippen LogP contribution in [0.4, 0.5) is 0 Å². The van der Waals surface area contributed by atoms with Crippen LogP contribution in [0.3, 0.4) is 0 Å². The number of aryl methyl sites for hydroxylation is 1. The van der Waals surface area contributed by atoms with Gasteiger partial charge in [-0.2, -0.15) is 0 Å². The molecule has 6 nitrogen and oxygen atoms in total. The second-order valence-corrected chi connectivity index (χ2v) is 7.43. The van der Waals surface area contributed by atoms with Crippen molar-refractivity contribution >= 4 is 23.2 Å². The van der Waals surface area contributed by atoms with Gasteiger partial charge in [0.25, 0.3) is 5.91 Å². The third kappa shape index (κ3) is 4.28. The summed E-state index contributed by atoms with van der Waals surface area (Å²) in [6.45, 7) is 6.38. The minimum Gasteiger partial charge on any atom is -0.451 e. The summed E-state index contributed by atoms with van der Waals surface area (Å²) in [4.78, 5) is 31.3. The van der Waals surface area contributed by atoms with Crippen LogP contribution >= 0.6 is 11.3 Å². The monoisotopic (exact) mass is 374 g/mol. The second kappa shape index (κ2) is 7.97. The van der Waals surface area contributed by atoms with Gasteiger partial charge in [0.15, 0.2) is 6.61 Å². The van der Waals surface area contributed by atoms with E-state index in [4.69, 9.17) is 9.47 Å². The number of morpholine rings is 1. The molecule has 1 aliphatic heterocycles. The van der Waals surface area contributed by atoms with E-state index in [9.17, 15) is 9.59 Å². The number of benzene rings is 1. The number of hydrogen-bond donors (Lipinski definition) is 0. The highest BCUT2D eigenvalue weighted by Gasteiger charge is 2.27. The zero-order valence-electron chi connectivity index (χ0n) is 15.1. The molecule has 1 fully saturated rings. The molecule has 0 N–H and O–H groups in total. The maximum atomic E-state index is 12.4. The second-order valence-electron chi connectivity index (χ2n) is 6.43. The van der Waals surface area contributed by atoms with Gasteiger partial charge in [-0.25, -0.2) is 9.78 Å². The lowest BCUT2D eigenvalue weighted by Gasteiger charge is -2.35. The summed E-state index contributed by atoms with van der Waals surface area (Å²) < 4.78 is 10.9. The first-order valence-electron chi connectivity index (χ1n) is 8.57. The highest BCUT2D eigenvalue weighted by atomic mass is 32.1. The standard InChI is InChI=1S/C19H22N2O4S/c1-12-9-21(10-13(2)25-12)16(22)11-24-19(23)17-14(3)20-18(26-17)15-7-5-4-6-8-15/h4-8,12-13H,9-11H2,1-3H3/t12-,13+. The van der Waals surface area contributed by atoms with Crippen molar-refractivity contribution in [2.24, 2.45) is 0 Å². The molecule has 2 heterocycles. The molecule has 1 aliphatic rings. The number of esters is 1. The van der Waals surface area contributed by atoms with Crippen molar-refractivity contribution in [3.63, 3.8) is 0 Å². The van der Waals surface area contributed by atoms with Crippen molar-refractivity contribution in [2.45, 2.75) is 33.0 Å². The molecule has 0 aliphatic carbocycles. The normalized spacial score (nSPS) is 20.0. The molecule has 1 amide bonds. The van der Waals surface area contributed by atoms with Gasteiger partial charge >= 0.3 is 5.97 Å². The smallest absolute Gasteiger partial charge is 0.350 e. The predicted octanol–water partition coefficient (Wildman–Crippen LogP) is 2.91. The van der Waals surface area contributed by atoms with Crippen molar-refractivity contribution in [1.82, 2.24) is 9.88 Å². The number of carbonyl (C=O) groups excluding carboxylic acids is 2. The van der Waals surface area contributed by atoms with Gasteiger partial charge in [-0.05, 0) is 20.8 Å². The number of carbonyl (C=O) groups is 2. The van der Waals surface area contributed by atoms with Crippen LogP contribution < -0.4 is 0 Å². The molecule has 0 spiro atoms. The first kappa shape index (κ1) is 18.5. The maximum Gasteiger partial charge on any atom is 0.350 e. The average Bonchev–Trinajstić information content (AvgIpc) is 3.01. The van der Waals surface area contributed by atoms with E-state index in [1.54, 1.807) is 11.8 Å². The quantitative estimate of drug-likeness (QED) is 0.770. The van der Waals surface area contributed by atoms with E-state index in [1.807, 2.05) is 44.2 Å². The largest absolute Gasteiger partial charge is 0.451 e. The van der Waals surface area contributed by atoms with Crippen LogP contribution in [0.1, 0.15) is 29.2 Å². The molecule has 2 atom stereocenters. The number of rotatable bonds is 4. The van der Waals surface area contributed by atoms with Gasteiger partial charge in [-0.1, -0.05) is 30.3 Å². The van der Waals surface area contributed by atoms with E-state index >= 15 is 0 Å². The molecule has 26 heavy (non-hydrogen) atoms. The Hall–Kier alpha value is -2.25. The number of nitrogens with zero attached hydrogens (tertiary/aromatic N) is 2. The topological polar surface area (TPSA) is 68.7 Å².